The fraction of sp³-hybridized carbons (Fsp3) is 0.500. The summed E-state index contributed by atoms with van der Waals surface area (Å²) >= 11 is 0. The number of ether oxygens (including phenoxy) is 1. The van der Waals surface area contributed by atoms with Gasteiger partial charge < -0.3 is 14.7 Å². The number of hydrogen-bond donors (Lipinski definition) is 1. The van der Waals surface area contributed by atoms with Gasteiger partial charge in [-0.3, -0.25) is 4.90 Å². The van der Waals surface area contributed by atoms with E-state index < -0.39 is 11.6 Å². The van der Waals surface area contributed by atoms with E-state index in [0.717, 1.165) is 51.0 Å². The second-order valence-electron chi connectivity index (χ2n) is 10.7. The van der Waals surface area contributed by atoms with Crippen molar-refractivity contribution in [2.45, 2.75) is 64.1 Å². The van der Waals surface area contributed by atoms with Gasteiger partial charge in [0.2, 0.25) is 0 Å². The van der Waals surface area contributed by atoms with Crippen LogP contribution in [0.1, 0.15) is 67.4 Å². The van der Waals surface area contributed by atoms with E-state index in [1.54, 1.807) is 12.1 Å². The summed E-state index contributed by atoms with van der Waals surface area (Å²) in [5.74, 6) is -0.0511. The number of nitrogens with zero attached hydrogens (tertiary/aromatic N) is 2. The van der Waals surface area contributed by atoms with E-state index in [0.29, 0.717) is 17.4 Å². The van der Waals surface area contributed by atoms with Crippen LogP contribution >= 0.6 is 0 Å². The normalized spacial score (nSPS) is 21.1. The summed E-state index contributed by atoms with van der Waals surface area (Å²) < 4.78 is 5.79. The van der Waals surface area contributed by atoms with Gasteiger partial charge in [0.1, 0.15) is 5.60 Å². The molecule has 1 amide bonds. The van der Waals surface area contributed by atoms with Crippen LogP contribution in [0.4, 0.5) is 4.79 Å². The van der Waals surface area contributed by atoms with E-state index >= 15 is 0 Å². The maximum atomic E-state index is 13.1. The third-order valence-corrected chi connectivity index (χ3v) is 6.78. The molecule has 1 aliphatic heterocycles. The van der Waals surface area contributed by atoms with E-state index in [4.69, 9.17) is 9.84 Å². The van der Waals surface area contributed by atoms with Crippen LogP contribution in [0, 0.1) is 5.92 Å². The van der Waals surface area contributed by atoms with Crippen LogP contribution in [0.5, 0.6) is 0 Å². The molecule has 4 rings (SSSR count). The Bertz CT molecular complexity index is 976. The lowest BCUT2D eigenvalue weighted by Gasteiger charge is -2.36. The number of carbonyl (C=O) groups excluding carboxylic acids is 1. The molecule has 6 heteroatoms. The molecule has 2 fully saturated rings. The van der Waals surface area contributed by atoms with Gasteiger partial charge in [0.25, 0.3) is 0 Å². The SMILES string of the molecule is CC(C)(C)OC(=O)N(CC1CCN(Cc2ccc(C(=O)O)cc2)CC1)[C@@H]1C[C@H]1c1ccccc1. The summed E-state index contributed by atoms with van der Waals surface area (Å²) in [7, 11) is 0. The standard InChI is InChI=1S/C28H36N2O4/c1-28(2,3)34-27(33)30(25-17-24(25)22-7-5-4-6-8-22)19-21-13-15-29(16-14-21)18-20-9-11-23(12-10-20)26(31)32/h4-12,21,24-25H,13-19H2,1-3H3,(H,31,32)/t24-,25+/m0/s1. The molecule has 1 heterocycles. The predicted molar refractivity (Wildman–Crippen MR) is 132 cm³/mol. The Labute approximate surface area is 202 Å². The van der Waals surface area contributed by atoms with E-state index in [9.17, 15) is 9.59 Å². The minimum absolute atomic E-state index is 0.197. The number of piperidine rings is 1. The second-order valence-corrected chi connectivity index (χ2v) is 10.7. The van der Waals surface area contributed by atoms with Gasteiger partial charge in [-0.25, -0.2) is 9.59 Å². The Morgan fingerprint density at radius 3 is 2.26 bits per heavy atom. The number of aromatic carboxylic acids is 1. The summed E-state index contributed by atoms with van der Waals surface area (Å²) in [5, 5.41) is 9.08. The van der Waals surface area contributed by atoms with Gasteiger partial charge in [-0.15, -0.1) is 0 Å². The summed E-state index contributed by atoms with van der Waals surface area (Å²) in [6.07, 6.45) is 2.87. The molecule has 34 heavy (non-hydrogen) atoms. The number of carboxylic acid groups (broad SMARTS) is 1. The van der Waals surface area contributed by atoms with Gasteiger partial charge in [-0.05, 0) is 82.3 Å². The first-order valence-electron chi connectivity index (χ1n) is 12.3. The van der Waals surface area contributed by atoms with Crippen molar-refractivity contribution < 1.29 is 19.4 Å². The van der Waals surface area contributed by atoms with Crippen molar-refractivity contribution >= 4 is 12.1 Å². The molecule has 1 saturated carbocycles. The van der Waals surface area contributed by atoms with Crippen molar-refractivity contribution in [3.63, 3.8) is 0 Å². The van der Waals surface area contributed by atoms with Crippen LogP contribution in [-0.2, 0) is 11.3 Å². The van der Waals surface area contributed by atoms with Gasteiger partial charge >= 0.3 is 12.1 Å². The molecule has 0 unspecified atom stereocenters. The van der Waals surface area contributed by atoms with Crippen molar-refractivity contribution in [1.82, 2.24) is 9.80 Å². The van der Waals surface area contributed by atoms with E-state index in [1.807, 2.05) is 43.9 Å². The number of likely N-dealkylation sites (tertiary alicyclic amines) is 1. The molecule has 6 nitrogen and oxygen atoms in total. The number of carbonyl (C=O) groups is 2. The fourth-order valence-corrected chi connectivity index (χ4v) is 4.87. The molecule has 1 N–H and O–H groups in total. The Hall–Kier alpha value is -2.86. The molecule has 1 aliphatic carbocycles. The van der Waals surface area contributed by atoms with E-state index in [-0.39, 0.29) is 12.1 Å². The average Bonchev–Trinajstić information content (AvgIpc) is 3.59. The maximum absolute atomic E-state index is 13.1. The molecule has 0 bridgehead atoms. The van der Waals surface area contributed by atoms with Gasteiger partial charge in [0, 0.05) is 25.0 Å². The number of hydrogen-bond acceptors (Lipinski definition) is 4. The number of rotatable bonds is 7. The molecule has 0 radical (unpaired) electrons. The van der Waals surface area contributed by atoms with Crippen molar-refractivity contribution in [3.05, 3.63) is 71.3 Å². The van der Waals surface area contributed by atoms with Gasteiger partial charge in [-0.1, -0.05) is 42.5 Å². The Morgan fingerprint density at radius 2 is 1.68 bits per heavy atom. The first kappa shape index (κ1) is 24.3. The molecule has 182 valence electrons. The first-order chi connectivity index (χ1) is 16.2. The fourth-order valence-electron chi connectivity index (χ4n) is 4.87. The van der Waals surface area contributed by atoms with Crippen LogP contribution in [0.3, 0.4) is 0 Å². The highest BCUT2D eigenvalue weighted by Gasteiger charge is 2.46. The zero-order chi connectivity index (χ0) is 24.3. The third-order valence-electron chi connectivity index (χ3n) is 6.78. The second kappa shape index (κ2) is 10.2. The molecule has 2 atom stereocenters. The molecule has 1 saturated heterocycles. The lowest BCUT2D eigenvalue weighted by molar-refractivity contribution is 0.0170. The molecule has 2 aromatic carbocycles. The van der Waals surface area contributed by atoms with Gasteiger partial charge in [-0.2, -0.15) is 0 Å². The summed E-state index contributed by atoms with van der Waals surface area (Å²) in [6.45, 7) is 9.27. The molecule has 2 aliphatic rings. The van der Waals surface area contributed by atoms with Crippen molar-refractivity contribution in [3.8, 4) is 0 Å². The summed E-state index contributed by atoms with van der Waals surface area (Å²) in [6, 6.07) is 17.8. The Morgan fingerprint density at radius 1 is 1.03 bits per heavy atom. The minimum atomic E-state index is -0.896. The zero-order valence-corrected chi connectivity index (χ0v) is 20.4. The van der Waals surface area contributed by atoms with Crippen LogP contribution < -0.4 is 0 Å². The van der Waals surface area contributed by atoms with Crippen molar-refractivity contribution in [1.29, 1.82) is 0 Å². The smallest absolute Gasteiger partial charge is 0.410 e. The summed E-state index contributed by atoms with van der Waals surface area (Å²) in [4.78, 5) is 28.6. The Balaban J connectivity index is 1.34. The number of carboxylic acids is 1. The Kier molecular flexibility index (Phi) is 7.27. The maximum Gasteiger partial charge on any atom is 0.410 e. The van der Waals surface area contributed by atoms with Crippen LogP contribution in [0.2, 0.25) is 0 Å². The molecular formula is C28H36N2O4. The molecular weight excluding hydrogens is 428 g/mol. The van der Waals surface area contributed by atoms with Crippen LogP contribution in [0.15, 0.2) is 54.6 Å². The molecule has 0 aromatic heterocycles. The van der Waals surface area contributed by atoms with E-state index in [1.165, 1.54) is 5.56 Å². The van der Waals surface area contributed by atoms with E-state index in [2.05, 4.69) is 29.2 Å². The summed E-state index contributed by atoms with van der Waals surface area (Å²) in [5.41, 5.74) is 2.23. The van der Waals surface area contributed by atoms with Crippen LogP contribution in [-0.4, -0.2) is 58.2 Å². The highest BCUT2D eigenvalue weighted by atomic mass is 16.6. The van der Waals surface area contributed by atoms with Gasteiger partial charge in [0.05, 0.1) is 5.56 Å². The first-order valence-corrected chi connectivity index (χ1v) is 12.3. The predicted octanol–water partition coefficient (Wildman–Crippen LogP) is 5.39. The quantitative estimate of drug-likeness (QED) is 0.595. The van der Waals surface area contributed by atoms with Crippen molar-refractivity contribution in [2.24, 2.45) is 5.92 Å². The molecule has 0 spiro atoms. The third kappa shape index (κ3) is 6.38. The largest absolute Gasteiger partial charge is 0.478 e. The monoisotopic (exact) mass is 464 g/mol. The van der Waals surface area contributed by atoms with Crippen LogP contribution in [0.25, 0.3) is 0 Å². The lowest BCUT2D eigenvalue weighted by atomic mass is 9.95. The van der Waals surface area contributed by atoms with Crippen molar-refractivity contribution in [2.75, 3.05) is 19.6 Å². The number of benzene rings is 2. The topological polar surface area (TPSA) is 70.1 Å². The zero-order valence-electron chi connectivity index (χ0n) is 20.4. The number of amides is 1. The highest BCUT2D eigenvalue weighted by Crippen LogP contribution is 2.45. The van der Waals surface area contributed by atoms with Gasteiger partial charge in [0.15, 0.2) is 0 Å². The lowest BCUT2D eigenvalue weighted by Crippen LogP contribution is -2.44. The molecule has 2 aromatic rings. The minimum Gasteiger partial charge on any atom is -0.478 e. The average molecular weight is 465 g/mol. The highest BCUT2D eigenvalue weighted by molar-refractivity contribution is 5.87.